The second-order valence-corrected chi connectivity index (χ2v) is 4.55. The standard InChI is InChI=1S/C14H13N3O2/c15-10(14(18)19)7-13-16-11-5-8-3-1-2-4-9(8)6-12(11)17-13/h1-6,10H,7,15H2,(H,16,17)(H,18,19)/t10-/m0/s1. The van der Waals surface area contributed by atoms with E-state index in [0.717, 1.165) is 21.8 Å². The van der Waals surface area contributed by atoms with Gasteiger partial charge in [0.05, 0.1) is 11.0 Å². The molecule has 1 atom stereocenters. The summed E-state index contributed by atoms with van der Waals surface area (Å²) in [7, 11) is 0. The molecule has 0 bridgehead atoms. The highest BCUT2D eigenvalue weighted by Gasteiger charge is 2.14. The zero-order valence-electron chi connectivity index (χ0n) is 10.1. The van der Waals surface area contributed by atoms with E-state index in [0.29, 0.717) is 5.82 Å². The molecule has 0 aliphatic heterocycles. The van der Waals surface area contributed by atoms with Crippen molar-refractivity contribution in [3.63, 3.8) is 0 Å². The molecule has 0 amide bonds. The van der Waals surface area contributed by atoms with Crippen LogP contribution in [0.15, 0.2) is 36.4 Å². The summed E-state index contributed by atoms with van der Waals surface area (Å²) in [6.07, 6.45) is 0.195. The molecule has 0 unspecified atom stereocenters. The van der Waals surface area contributed by atoms with Crippen molar-refractivity contribution in [2.45, 2.75) is 12.5 Å². The molecule has 0 fully saturated rings. The van der Waals surface area contributed by atoms with Crippen molar-refractivity contribution in [3.8, 4) is 0 Å². The van der Waals surface area contributed by atoms with E-state index in [-0.39, 0.29) is 6.42 Å². The van der Waals surface area contributed by atoms with Crippen LogP contribution in [0, 0.1) is 0 Å². The highest BCUT2D eigenvalue weighted by molar-refractivity contribution is 5.95. The van der Waals surface area contributed by atoms with E-state index in [9.17, 15) is 4.79 Å². The minimum absolute atomic E-state index is 0.195. The third-order valence-corrected chi connectivity index (χ3v) is 3.13. The second kappa shape index (κ2) is 4.37. The van der Waals surface area contributed by atoms with E-state index in [1.165, 1.54) is 0 Å². The predicted octanol–water partition coefficient (Wildman–Crippen LogP) is 1.67. The number of aromatic nitrogens is 2. The van der Waals surface area contributed by atoms with Crippen LogP contribution < -0.4 is 5.73 Å². The quantitative estimate of drug-likeness (QED) is 0.663. The van der Waals surface area contributed by atoms with Gasteiger partial charge >= 0.3 is 5.97 Å². The van der Waals surface area contributed by atoms with Gasteiger partial charge in [0.15, 0.2) is 0 Å². The second-order valence-electron chi connectivity index (χ2n) is 4.55. The zero-order chi connectivity index (χ0) is 13.4. The van der Waals surface area contributed by atoms with E-state index < -0.39 is 12.0 Å². The van der Waals surface area contributed by atoms with Gasteiger partial charge in [-0.1, -0.05) is 24.3 Å². The molecule has 0 saturated carbocycles. The van der Waals surface area contributed by atoms with Crippen LogP contribution in [0.3, 0.4) is 0 Å². The fourth-order valence-electron chi connectivity index (χ4n) is 2.14. The van der Waals surface area contributed by atoms with Gasteiger partial charge in [-0.15, -0.1) is 0 Å². The molecule has 19 heavy (non-hydrogen) atoms. The normalized spacial score (nSPS) is 12.9. The van der Waals surface area contributed by atoms with Crippen LogP contribution in [0.4, 0.5) is 0 Å². The minimum Gasteiger partial charge on any atom is -0.480 e. The lowest BCUT2D eigenvalue weighted by Gasteiger charge is -2.01. The topological polar surface area (TPSA) is 92.0 Å². The number of imidazole rings is 1. The van der Waals surface area contributed by atoms with Gasteiger partial charge < -0.3 is 15.8 Å². The largest absolute Gasteiger partial charge is 0.480 e. The third kappa shape index (κ3) is 2.15. The molecular formula is C14H13N3O2. The molecule has 1 heterocycles. The van der Waals surface area contributed by atoms with E-state index in [1.54, 1.807) is 0 Å². The van der Waals surface area contributed by atoms with Gasteiger partial charge in [-0.3, -0.25) is 4.79 Å². The number of aromatic amines is 1. The number of H-pyrrole nitrogens is 1. The number of rotatable bonds is 3. The molecule has 96 valence electrons. The lowest BCUT2D eigenvalue weighted by molar-refractivity contribution is -0.138. The first-order valence-electron chi connectivity index (χ1n) is 5.99. The van der Waals surface area contributed by atoms with Crippen LogP contribution in [-0.4, -0.2) is 27.1 Å². The number of aliphatic carboxylic acids is 1. The van der Waals surface area contributed by atoms with E-state index in [4.69, 9.17) is 10.8 Å². The van der Waals surface area contributed by atoms with E-state index >= 15 is 0 Å². The number of benzene rings is 2. The first-order valence-corrected chi connectivity index (χ1v) is 5.99. The van der Waals surface area contributed by atoms with Crippen molar-refractivity contribution < 1.29 is 9.90 Å². The molecule has 4 N–H and O–H groups in total. The molecule has 0 saturated heterocycles. The highest BCUT2D eigenvalue weighted by atomic mass is 16.4. The lowest BCUT2D eigenvalue weighted by atomic mass is 10.1. The Balaban J connectivity index is 2.05. The van der Waals surface area contributed by atoms with Gasteiger partial charge in [-0.2, -0.15) is 0 Å². The Hall–Kier alpha value is -2.40. The first kappa shape index (κ1) is 11.7. The molecule has 0 spiro atoms. The summed E-state index contributed by atoms with van der Waals surface area (Å²) < 4.78 is 0. The summed E-state index contributed by atoms with van der Waals surface area (Å²) in [5.74, 6) is -0.425. The third-order valence-electron chi connectivity index (χ3n) is 3.13. The molecule has 5 heteroatoms. The summed E-state index contributed by atoms with van der Waals surface area (Å²) in [6, 6.07) is 11.1. The van der Waals surface area contributed by atoms with Gasteiger partial charge in [0, 0.05) is 6.42 Å². The summed E-state index contributed by atoms with van der Waals surface area (Å²) in [6.45, 7) is 0. The number of hydrogen-bond donors (Lipinski definition) is 3. The lowest BCUT2D eigenvalue weighted by Crippen LogP contribution is -2.32. The number of carboxylic acids is 1. The number of fused-ring (bicyclic) bond motifs is 2. The van der Waals surface area contributed by atoms with Gasteiger partial charge in [-0.05, 0) is 22.9 Å². The molecule has 0 aliphatic rings. The molecule has 2 aromatic carbocycles. The van der Waals surface area contributed by atoms with Crippen LogP contribution >= 0.6 is 0 Å². The molecule has 1 aromatic heterocycles. The Labute approximate surface area is 109 Å². The van der Waals surface area contributed by atoms with Gasteiger partial charge in [0.25, 0.3) is 0 Å². The minimum atomic E-state index is -1.02. The maximum Gasteiger partial charge on any atom is 0.320 e. The van der Waals surface area contributed by atoms with E-state index in [2.05, 4.69) is 9.97 Å². The Morgan fingerprint density at radius 3 is 2.68 bits per heavy atom. The fraction of sp³-hybridized carbons (Fsp3) is 0.143. The number of nitrogens with two attached hydrogens (primary N) is 1. The van der Waals surface area contributed by atoms with Crippen LogP contribution in [0.2, 0.25) is 0 Å². The number of nitrogens with zero attached hydrogens (tertiary/aromatic N) is 1. The average molecular weight is 255 g/mol. The fourth-order valence-corrected chi connectivity index (χ4v) is 2.14. The van der Waals surface area contributed by atoms with Crippen LogP contribution in [0.5, 0.6) is 0 Å². The molecule has 3 aromatic rings. The molecule has 0 aliphatic carbocycles. The van der Waals surface area contributed by atoms with Crippen molar-refractivity contribution >= 4 is 27.8 Å². The zero-order valence-corrected chi connectivity index (χ0v) is 10.1. The maximum absolute atomic E-state index is 10.7. The maximum atomic E-state index is 10.7. The number of nitrogens with one attached hydrogen (secondary N) is 1. The monoisotopic (exact) mass is 255 g/mol. The van der Waals surface area contributed by atoms with Gasteiger partial charge in [0.2, 0.25) is 0 Å². The Kier molecular flexibility index (Phi) is 2.68. The number of carbonyl (C=O) groups is 1. The van der Waals surface area contributed by atoms with Crippen LogP contribution in [0.25, 0.3) is 21.8 Å². The van der Waals surface area contributed by atoms with Crippen molar-refractivity contribution in [2.24, 2.45) is 5.73 Å². The average Bonchev–Trinajstić information content (AvgIpc) is 2.76. The number of carboxylic acid groups (broad SMARTS) is 1. The van der Waals surface area contributed by atoms with Crippen LogP contribution in [-0.2, 0) is 11.2 Å². The Morgan fingerprint density at radius 1 is 1.32 bits per heavy atom. The summed E-state index contributed by atoms with van der Waals surface area (Å²) in [4.78, 5) is 18.2. The number of hydrogen-bond acceptors (Lipinski definition) is 3. The smallest absolute Gasteiger partial charge is 0.320 e. The molecular weight excluding hydrogens is 242 g/mol. The Bertz CT molecular complexity index is 711. The van der Waals surface area contributed by atoms with Crippen molar-refractivity contribution in [1.29, 1.82) is 0 Å². The SMILES string of the molecule is N[C@@H](Cc1nc2cc3ccccc3cc2[nH]1)C(=O)O. The Morgan fingerprint density at radius 2 is 2.00 bits per heavy atom. The predicted molar refractivity (Wildman–Crippen MR) is 72.9 cm³/mol. The van der Waals surface area contributed by atoms with Crippen LogP contribution in [0.1, 0.15) is 5.82 Å². The summed E-state index contributed by atoms with van der Waals surface area (Å²) in [5.41, 5.74) is 7.23. The molecule has 3 rings (SSSR count). The van der Waals surface area contributed by atoms with Crippen molar-refractivity contribution in [2.75, 3.05) is 0 Å². The highest BCUT2D eigenvalue weighted by Crippen LogP contribution is 2.21. The van der Waals surface area contributed by atoms with Gasteiger partial charge in [0.1, 0.15) is 11.9 Å². The van der Waals surface area contributed by atoms with Crippen molar-refractivity contribution in [1.82, 2.24) is 9.97 Å². The first-order chi connectivity index (χ1) is 9.13. The van der Waals surface area contributed by atoms with Gasteiger partial charge in [-0.25, -0.2) is 4.98 Å². The van der Waals surface area contributed by atoms with E-state index in [1.807, 2.05) is 36.4 Å². The van der Waals surface area contributed by atoms with Crippen molar-refractivity contribution in [3.05, 3.63) is 42.2 Å². The summed E-state index contributed by atoms with van der Waals surface area (Å²) in [5, 5.41) is 11.0. The molecule has 0 radical (unpaired) electrons. The molecule has 5 nitrogen and oxygen atoms in total. The summed E-state index contributed by atoms with van der Waals surface area (Å²) >= 11 is 0.